The van der Waals surface area contributed by atoms with Gasteiger partial charge in [0, 0.05) is 31.6 Å². The van der Waals surface area contributed by atoms with Crippen molar-refractivity contribution in [2.24, 2.45) is 5.92 Å². The number of piperidine rings is 1. The van der Waals surface area contributed by atoms with Crippen molar-refractivity contribution in [2.75, 3.05) is 19.6 Å². The van der Waals surface area contributed by atoms with Gasteiger partial charge in [-0.3, -0.25) is 9.59 Å². The number of fused-ring (bicyclic) bond motifs is 2. The van der Waals surface area contributed by atoms with Crippen molar-refractivity contribution >= 4 is 22.6 Å². The topological polar surface area (TPSA) is 49.4 Å². The summed E-state index contributed by atoms with van der Waals surface area (Å²) in [4.78, 5) is 27.1. The molecule has 0 bridgehead atoms. The Labute approximate surface area is 160 Å². The maximum absolute atomic E-state index is 12.6. The average Bonchev–Trinajstić information content (AvgIpc) is 2.72. The van der Waals surface area contributed by atoms with Crippen molar-refractivity contribution in [2.45, 2.75) is 32.1 Å². The highest BCUT2D eigenvalue weighted by Crippen LogP contribution is 2.31. The largest absolute Gasteiger partial charge is 0.352 e. The third-order valence-corrected chi connectivity index (χ3v) is 5.82. The monoisotopic (exact) mass is 362 g/mol. The van der Waals surface area contributed by atoms with Gasteiger partial charge in [-0.2, -0.15) is 0 Å². The van der Waals surface area contributed by atoms with E-state index in [1.165, 1.54) is 18.4 Å². The number of hydrogen-bond donors (Lipinski definition) is 1. The van der Waals surface area contributed by atoms with Gasteiger partial charge in [0.05, 0.1) is 0 Å². The van der Waals surface area contributed by atoms with Crippen LogP contribution < -0.4 is 5.32 Å². The first-order chi connectivity index (χ1) is 13.2. The van der Waals surface area contributed by atoms with Gasteiger partial charge in [0.2, 0.25) is 5.91 Å². The Morgan fingerprint density at radius 2 is 1.93 bits per heavy atom. The van der Waals surface area contributed by atoms with Crippen LogP contribution in [0, 0.1) is 5.92 Å². The van der Waals surface area contributed by atoms with Gasteiger partial charge in [-0.1, -0.05) is 48.0 Å². The molecule has 1 saturated heterocycles. The molecule has 1 atom stereocenters. The second-order valence-corrected chi connectivity index (χ2v) is 7.54. The van der Waals surface area contributed by atoms with Gasteiger partial charge in [0.1, 0.15) is 0 Å². The number of nitrogens with zero attached hydrogens (tertiary/aromatic N) is 1. The number of likely N-dealkylation sites (tertiary alicyclic amines) is 1. The van der Waals surface area contributed by atoms with Gasteiger partial charge in [0.25, 0.3) is 5.91 Å². The molecule has 1 aliphatic carbocycles. The van der Waals surface area contributed by atoms with Crippen molar-refractivity contribution in [1.82, 2.24) is 10.2 Å². The fourth-order valence-corrected chi connectivity index (χ4v) is 4.31. The molecule has 2 amide bonds. The summed E-state index contributed by atoms with van der Waals surface area (Å²) in [6, 6.07) is 13.6. The standard InChI is InChI=1S/C23H26N2O2/c26-22(25-15-13-17-6-1-2-8-19(17)16-25)12-14-24-23(27)21-11-5-9-18-7-3-4-10-20(18)21/h3-5,7-11,17H,1-2,6,12-16H2,(H,24,27). The Balaban J connectivity index is 1.32. The lowest BCUT2D eigenvalue weighted by Crippen LogP contribution is -2.41. The second-order valence-electron chi connectivity index (χ2n) is 7.54. The van der Waals surface area contributed by atoms with Crippen LogP contribution >= 0.6 is 0 Å². The van der Waals surface area contributed by atoms with Crippen molar-refractivity contribution in [3.8, 4) is 0 Å². The first-order valence-electron chi connectivity index (χ1n) is 9.95. The number of nitrogens with one attached hydrogen (secondary N) is 1. The van der Waals surface area contributed by atoms with E-state index in [1.807, 2.05) is 47.4 Å². The Bertz CT molecular complexity index is 882. The van der Waals surface area contributed by atoms with E-state index < -0.39 is 0 Å². The Morgan fingerprint density at radius 1 is 1.07 bits per heavy atom. The molecule has 140 valence electrons. The van der Waals surface area contributed by atoms with Crippen molar-refractivity contribution in [3.63, 3.8) is 0 Å². The minimum Gasteiger partial charge on any atom is -0.352 e. The zero-order chi connectivity index (χ0) is 18.6. The molecule has 4 nitrogen and oxygen atoms in total. The normalized spacial score (nSPS) is 19.3. The van der Waals surface area contributed by atoms with Gasteiger partial charge in [-0.25, -0.2) is 0 Å². The molecule has 0 saturated carbocycles. The molecule has 4 heteroatoms. The molecule has 2 aromatic rings. The lowest BCUT2D eigenvalue weighted by atomic mass is 9.82. The fourth-order valence-electron chi connectivity index (χ4n) is 4.31. The molecule has 2 aromatic carbocycles. The smallest absolute Gasteiger partial charge is 0.251 e. The van der Waals surface area contributed by atoms with Gasteiger partial charge in [0.15, 0.2) is 0 Å². The summed E-state index contributed by atoms with van der Waals surface area (Å²) in [5.74, 6) is 0.709. The first kappa shape index (κ1) is 17.8. The van der Waals surface area contributed by atoms with E-state index in [0.717, 1.165) is 36.7 Å². The van der Waals surface area contributed by atoms with Gasteiger partial charge >= 0.3 is 0 Å². The number of benzene rings is 2. The quantitative estimate of drug-likeness (QED) is 0.838. The van der Waals surface area contributed by atoms with E-state index in [0.29, 0.717) is 24.4 Å². The average molecular weight is 362 g/mol. The summed E-state index contributed by atoms with van der Waals surface area (Å²) in [5.41, 5.74) is 2.11. The highest BCUT2D eigenvalue weighted by Gasteiger charge is 2.27. The predicted octanol–water partition coefficient (Wildman–Crippen LogP) is 3.92. The maximum Gasteiger partial charge on any atom is 0.251 e. The molecule has 1 N–H and O–H groups in total. The van der Waals surface area contributed by atoms with Gasteiger partial charge in [-0.15, -0.1) is 0 Å². The fraction of sp³-hybridized carbons (Fsp3) is 0.391. The third kappa shape index (κ3) is 3.90. The molecule has 1 unspecified atom stereocenters. The number of hydrogen-bond acceptors (Lipinski definition) is 2. The van der Waals surface area contributed by atoms with Crippen LogP contribution in [0.15, 0.2) is 54.1 Å². The highest BCUT2D eigenvalue weighted by molar-refractivity contribution is 6.07. The number of rotatable bonds is 4. The second kappa shape index (κ2) is 7.95. The lowest BCUT2D eigenvalue weighted by Gasteiger charge is -2.36. The van der Waals surface area contributed by atoms with E-state index in [1.54, 1.807) is 0 Å². The summed E-state index contributed by atoms with van der Waals surface area (Å²) in [7, 11) is 0. The molecule has 1 aliphatic heterocycles. The first-order valence-corrected chi connectivity index (χ1v) is 9.95. The summed E-state index contributed by atoms with van der Waals surface area (Å²) in [6.07, 6.45) is 7.47. The number of allylic oxidation sites excluding steroid dienone is 1. The highest BCUT2D eigenvalue weighted by atomic mass is 16.2. The molecule has 0 radical (unpaired) electrons. The Morgan fingerprint density at radius 3 is 2.85 bits per heavy atom. The van der Waals surface area contributed by atoms with Crippen molar-refractivity contribution in [1.29, 1.82) is 0 Å². The third-order valence-electron chi connectivity index (χ3n) is 5.82. The molecule has 4 rings (SSSR count). The van der Waals surface area contributed by atoms with E-state index >= 15 is 0 Å². The molecule has 27 heavy (non-hydrogen) atoms. The minimum atomic E-state index is -0.117. The Hall–Kier alpha value is -2.62. The van der Waals surface area contributed by atoms with Crippen molar-refractivity contribution < 1.29 is 9.59 Å². The summed E-state index contributed by atoms with van der Waals surface area (Å²) >= 11 is 0. The lowest BCUT2D eigenvalue weighted by molar-refractivity contribution is -0.131. The molecule has 1 fully saturated rings. The van der Waals surface area contributed by atoms with Crippen LogP contribution in [0.5, 0.6) is 0 Å². The van der Waals surface area contributed by atoms with Crippen LogP contribution in [0.4, 0.5) is 0 Å². The molecular formula is C23H26N2O2. The molecule has 1 heterocycles. The van der Waals surface area contributed by atoms with Gasteiger partial charge in [-0.05, 0) is 48.4 Å². The molecular weight excluding hydrogens is 336 g/mol. The number of carbonyl (C=O) groups is 2. The van der Waals surface area contributed by atoms with Crippen LogP contribution in [0.25, 0.3) is 10.8 Å². The number of carbonyl (C=O) groups excluding carboxylic acids is 2. The molecule has 2 aliphatic rings. The number of amides is 2. The summed E-state index contributed by atoms with van der Waals surface area (Å²) in [5, 5.41) is 4.90. The molecule has 0 spiro atoms. The van der Waals surface area contributed by atoms with E-state index in [-0.39, 0.29) is 11.8 Å². The van der Waals surface area contributed by atoms with Gasteiger partial charge < -0.3 is 10.2 Å². The Kier molecular flexibility index (Phi) is 5.23. The van der Waals surface area contributed by atoms with Crippen molar-refractivity contribution in [3.05, 3.63) is 59.7 Å². The summed E-state index contributed by atoms with van der Waals surface area (Å²) in [6.45, 7) is 2.00. The van der Waals surface area contributed by atoms with Crippen LogP contribution in [0.3, 0.4) is 0 Å². The van der Waals surface area contributed by atoms with E-state index in [2.05, 4.69) is 11.4 Å². The molecule has 0 aromatic heterocycles. The zero-order valence-electron chi connectivity index (χ0n) is 15.6. The SMILES string of the molecule is O=C(NCCC(=O)N1CCC2CCCC=C2C1)c1cccc2ccccc12. The van der Waals surface area contributed by atoms with Crippen LogP contribution in [-0.2, 0) is 4.79 Å². The zero-order valence-corrected chi connectivity index (χ0v) is 15.6. The maximum atomic E-state index is 12.6. The van der Waals surface area contributed by atoms with Crippen LogP contribution in [-0.4, -0.2) is 36.3 Å². The predicted molar refractivity (Wildman–Crippen MR) is 108 cm³/mol. The van der Waals surface area contributed by atoms with E-state index in [4.69, 9.17) is 0 Å². The van der Waals surface area contributed by atoms with Crippen LogP contribution in [0.1, 0.15) is 42.5 Å². The van der Waals surface area contributed by atoms with Crippen LogP contribution in [0.2, 0.25) is 0 Å². The summed E-state index contributed by atoms with van der Waals surface area (Å²) < 4.78 is 0. The minimum absolute atomic E-state index is 0.117. The van der Waals surface area contributed by atoms with E-state index in [9.17, 15) is 9.59 Å².